The van der Waals surface area contributed by atoms with E-state index in [0.29, 0.717) is 5.92 Å². The second-order valence-corrected chi connectivity index (χ2v) is 6.84. The summed E-state index contributed by atoms with van der Waals surface area (Å²) in [5.74, 6) is 0.563. The second-order valence-electron chi connectivity index (χ2n) is 6.84. The van der Waals surface area contributed by atoms with Crippen molar-refractivity contribution >= 4 is 12.4 Å². The Bertz CT molecular complexity index is 648. The van der Waals surface area contributed by atoms with Crippen LogP contribution in [0, 0.1) is 6.92 Å². The summed E-state index contributed by atoms with van der Waals surface area (Å²) >= 11 is 0. The van der Waals surface area contributed by atoms with Gasteiger partial charge in [0, 0.05) is 5.92 Å². The van der Waals surface area contributed by atoms with Crippen LogP contribution in [0.25, 0.3) is 0 Å². The molecule has 1 unspecified atom stereocenters. The number of hydrogen-bond acceptors (Lipinski definition) is 1. The van der Waals surface area contributed by atoms with Crippen LogP contribution in [0.2, 0.25) is 0 Å². The molecule has 23 heavy (non-hydrogen) atoms. The van der Waals surface area contributed by atoms with Gasteiger partial charge in [0.25, 0.3) is 0 Å². The Morgan fingerprint density at radius 2 is 1.70 bits per heavy atom. The van der Waals surface area contributed by atoms with Crippen molar-refractivity contribution in [3.05, 3.63) is 70.3 Å². The van der Waals surface area contributed by atoms with Crippen molar-refractivity contribution in [1.29, 1.82) is 0 Å². The van der Waals surface area contributed by atoms with E-state index >= 15 is 0 Å². The van der Waals surface area contributed by atoms with Crippen molar-refractivity contribution in [1.82, 2.24) is 4.90 Å². The van der Waals surface area contributed by atoms with Crippen molar-refractivity contribution in [2.45, 2.75) is 38.5 Å². The van der Waals surface area contributed by atoms with E-state index in [4.69, 9.17) is 0 Å². The summed E-state index contributed by atoms with van der Waals surface area (Å²) in [6.07, 6.45) is 4.85. The highest BCUT2D eigenvalue weighted by Crippen LogP contribution is 2.38. The van der Waals surface area contributed by atoms with E-state index in [1.165, 1.54) is 37.8 Å². The summed E-state index contributed by atoms with van der Waals surface area (Å²) < 4.78 is 0. The number of fused-ring (bicyclic) bond motifs is 2. The number of rotatable bonds is 4. The van der Waals surface area contributed by atoms with Crippen LogP contribution < -0.4 is 0 Å². The minimum Gasteiger partial charge on any atom is -0.309 e. The minimum absolute atomic E-state index is 0. The molecule has 0 saturated carbocycles. The molecule has 0 heterocycles. The zero-order chi connectivity index (χ0) is 15.5. The van der Waals surface area contributed by atoms with Gasteiger partial charge in [0.1, 0.15) is 0 Å². The van der Waals surface area contributed by atoms with Crippen molar-refractivity contribution in [2.75, 3.05) is 20.6 Å². The number of nitrogens with zero attached hydrogens (tertiary/aromatic N) is 1. The molecule has 3 rings (SSSR count). The predicted molar refractivity (Wildman–Crippen MR) is 102 cm³/mol. The van der Waals surface area contributed by atoms with Crippen LogP contribution >= 0.6 is 12.4 Å². The van der Waals surface area contributed by atoms with Crippen LogP contribution in [0.15, 0.2) is 42.5 Å². The monoisotopic (exact) mass is 329 g/mol. The lowest BCUT2D eigenvalue weighted by Crippen LogP contribution is -2.14. The molecular weight excluding hydrogens is 302 g/mol. The zero-order valence-corrected chi connectivity index (χ0v) is 15.3. The molecule has 2 aromatic rings. The molecule has 0 N–H and O–H groups in total. The molecule has 0 bridgehead atoms. The van der Waals surface area contributed by atoms with E-state index in [1.54, 1.807) is 22.3 Å². The maximum Gasteiger partial charge on any atom is 0.00953 e. The topological polar surface area (TPSA) is 3.24 Å². The van der Waals surface area contributed by atoms with E-state index < -0.39 is 0 Å². The number of hydrogen-bond donors (Lipinski definition) is 0. The molecule has 1 nitrogen and oxygen atoms in total. The van der Waals surface area contributed by atoms with Gasteiger partial charge in [-0.25, -0.2) is 0 Å². The smallest absolute Gasteiger partial charge is 0.00953 e. The molecule has 0 aliphatic heterocycles. The first-order valence-electron chi connectivity index (χ1n) is 8.47. The quantitative estimate of drug-likeness (QED) is 0.764. The van der Waals surface area contributed by atoms with Gasteiger partial charge in [-0.05, 0) is 81.1 Å². The van der Waals surface area contributed by atoms with Crippen LogP contribution in [0.1, 0.15) is 46.6 Å². The van der Waals surface area contributed by atoms with Gasteiger partial charge in [0.05, 0.1) is 0 Å². The van der Waals surface area contributed by atoms with E-state index in [9.17, 15) is 0 Å². The van der Waals surface area contributed by atoms with Gasteiger partial charge >= 0.3 is 0 Å². The van der Waals surface area contributed by atoms with Gasteiger partial charge in [-0.3, -0.25) is 0 Å². The van der Waals surface area contributed by atoms with Crippen LogP contribution in [0.5, 0.6) is 0 Å². The van der Waals surface area contributed by atoms with E-state index in [2.05, 4.69) is 68.4 Å². The first kappa shape index (κ1) is 18.0. The van der Waals surface area contributed by atoms with Crippen molar-refractivity contribution < 1.29 is 0 Å². The fourth-order valence-corrected chi connectivity index (χ4v) is 3.84. The molecule has 2 heteroatoms. The van der Waals surface area contributed by atoms with E-state index in [1.807, 2.05) is 0 Å². The zero-order valence-electron chi connectivity index (χ0n) is 14.5. The normalized spacial score (nSPS) is 16.3. The Kier molecular flexibility index (Phi) is 6.26. The molecule has 2 aromatic carbocycles. The molecular formula is C21H28ClN. The third kappa shape index (κ3) is 3.97. The van der Waals surface area contributed by atoms with Crippen LogP contribution in [0.4, 0.5) is 0 Å². The highest BCUT2D eigenvalue weighted by molar-refractivity contribution is 5.85. The maximum atomic E-state index is 2.37. The molecule has 1 aliphatic rings. The molecule has 0 saturated heterocycles. The lowest BCUT2D eigenvalue weighted by molar-refractivity contribution is 0.389. The minimum atomic E-state index is 0. The Morgan fingerprint density at radius 3 is 2.48 bits per heavy atom. The number of aryl methyl sites for hydroxylation is 2. The highest BCUT2D eigenvalue weighted by atomic mass is 35.5. The van der Waals surface area contributed by atoms with E-state index in [-0.39, 0.29) is 12.4 Å². The van der Waals surface area contributed by atoms with Crippen molar-refractivity contribution in [2.24, 2.45) is 0 Å². The SMILES string of the molecule is Cc1cccc2c1CCc1ccccc1C2CCCN(C)C.Cl. The van der Waals surface area contributed by atoms with Gasteiger partial charge in [0.2, 0.25) is 0 Å². The first-order valence-corrected chi connectivity index (χ1v) is 8.47. The highest BCUT2D eigenvalue weighted by Gasteiger charge is 2.23. The first-order chi connectivity index (χ1) is 10.7. The Labute approximate surface area is 147 Å². The Hall–Kier alpha value is -1.31. The average molecular weight is 330 g/mol. The van der Waals surface area contributed by atoms with Crippen molar-refractivity contribution in [3.63, 3.8) is 0 Å². The number of halogens is 1. The summed E-state index contributed by atoms with van der Waals surface area (Å²) in [5.41, 5.74) is 7.73. The van der Waals surface area contributed by atoms with Crippen LogP contribution in [-0.4, -0.2) is 25.5 Å². The lowest BCUT2D eigenvalue weighted by atomic mass is 9.84. The fraction of sp³-hybridized carbons (Fsp3) is 0.429. The van der Waals surface area contributed by atoms with Crippen LogP contribution in [0.3, 0.4) is 0 Å². The Morgan fingerprint density at radius 1 is 0.957 bits per heavy atom. The number of benzene rings is 2. The average Bonchev–Trinajstić information content (AvgIpc) is 2.66. The largest absolute Gasteiger partial charge is 0.309 e. The predicted octanol–water partition coefficient (Wildman–Crippen LogP) is 4.99. The molecule has 0 aromatic heterocycles. The van der Waals surface area contributed by atoms with Gasteiger partial charge in [-0.2, -0.15) is 0 Å². The molecule has 1 aliphatic carbocycles. The maximum absolute atomic E-state index is 2.37. The fourth-order valence-electron chi connectivity index (χ4n) is 3.84. The summed E-state index contributed by atoms with van der Waals surface area (Å²) in [6.45, 7) is 3.44. The standard InChI is InChI=1S/C21H27N.ClH/c1-16-8-6-11-20-18(16)14-13-17-9-4-5-10-19(17)21(20)12-7-15-22(2)3;/h4-6,8-11,21H,7,12-15H2,1-3H3;1H. The third-order valence-corrected chi connectivity index (χ3v) is 4.99. The van der Waals surface area contributed by atoms with Crippen molar-refractivity contribution in [3.8, 4) is 0 Å². The molecule has 0 fully saturated rings. The molecule has 0 amide bonds. The second kappa shape index (κ2) is 7.99. The summed E-state index contributed by atoms with van der Waals surface area (Å²) in [5, 5.41) is 0. The summed E-state index contributed by atoms with van der Waals surface area (Å²) in [7, 11) is 4.33. The summed E-state index contributed by atoms with van der Waals surface area (Å²) in [4.78, 5) is 2.29. The van der Waals surface area contributed by atoms with Gasteiger partial charge < -0.3 is 4.90 Å². The molecule has 1 atom stereocenters. The lowest BCUT2D eigenvalue weighted by Gasteiger charge is -2.22. The van der Waals surface area contributed by atoms with Gasteiger partial charge in [0.15, 0.2) is 0 Å². The van der Waals surface area contributed by atoms with E-state index in [0.717, 1.165) is 0 Å². The third-order valence-electron chi connectivity index (χ3n) is 4.99. The Balaban J connectivity index is 0.00000192. The molecule has 0 spiro atoms. The van der Waals surface area contributed by atoms with Crippen LogP contribution in [-0.2, 0) is 12.8 Å². The van der Waals surface area contributed by atoms with Gasteiger partial charge in [-0.15, -0.1) is 12.4 Å². The van der Waals surface area contributed by atoms with Gasteiger partial charge in [-0.1, -0.05) is 42.5 Å². The molecule has 0 radical (unpaired) electrons. The summed E-state index contributed by atoms with van der Waals surface area (Å²) in [6, 6.07) is 16.0. The molecule has 124 valence electrons.